The number of carbonyl (C=O) groups excluding carboxylic acids is 3. The zero-order valence-corrected chi connectivity index (χ0v) is 16.8. The van der Waals surface area contributed by atoms with Gasteiger partial charge < -0.3 is 20.3 Å². The minimum atomic E-state index is -0.444. The van der Waals surface area contributed by atoms with Crippen molar-refractivity contribution in [1.82, 2.24) is 0 Å². The van der Waals surface area contributed by atoms with E-state index in [0.717, 1.165) is 43.7 Å². The van der Waals surface area contributed by atoms with Crippen molar-refractivity contribution >= 4 is 29.2 Å². The van der Waals surface area contributed by atoms with Crippen molar-refractivity contribution in [1.29, 1.82) is 0 Å². The maximum Gasteiger partial charge on any atom is 0.343 e. The normalized spacial score (nSPS) is 19.1. The van der Waals surface area contributed by atoms with Crippen LogP contribution in [0.2, 0.25) is 0 Å². The summed E-state index contributed by atoms with van der Waals surface area (Å²) in [5, 5.41) is 0. The van der Waals surface area contributed by atoms with Crippen LogP contribution in [0.4, 0.5) is 11.4 Å². The molecule has 0 saturated carbocycles. The van der Waals surface area contributed by atoms with Crippen LogP contribution in [0.3, 0.4) is 0 Å². The summed E-state index contributed by atoms with van der Waals surface area (Å²) >= 11 is 0. The number of nitrogens with zero attached hydrogens (tertiary/aromatic N) is 2. The molecule has 1 atom stereocenters. The number of ether oxygens (including phenoxy) is 1. The Labute approximate surface area is 175 Å². The first-order chi connectivity index (χ1) is 14.5. The average Bonchev–Trinajstić information content (AvgIpc) is 3.20. The summed E-state index contributed by atoms with van der Waals surface area (Å²) in [5.41, 5.74) is 7.67. The SMILES string of the molecule is NC(=O)[C@@H]1CCCN(c2ccc(C(=O)Oc3ccc(N4CCCC4=O)cc3)cc2)C1. The monoisotopic (exact) mass is 407 g/mol. The summed E-state index contributed by atoms with van der Waals surface area (Å²) in [5.74, 6) is -0.294. The Hall–Kier alpha value is -3.35. The molecule has 2 heterocycles. The molecule has 30 heavy (non-hydrogen) atoms. The van der Waals surface area contributed by atoms with E-state index in [9.17, 15) is 14.4 Å². The van der Waals surface area contributed by atoms with Gasteiger partial charge in [0.05, 0.1) is 11.5 Å². The highest BCUT2D eigenvalue weighted by Gasteiger charge is 2.24. The second-order valence-electron chi connectivity index (χ2n) is 7.77. The van der Waals surface area contributed by atoms with Gasteiger partial charge in [-0.05, 0) is 67.8 Å². The van der Waals surface area contributed by atoms with E-state index in [1.54, 1.807) is 41.3 Å². The van der Waals surface area contributed by atoms with E-state index in [1.807, 2.05) is 12.1 Å². The molecule has 0 bridgehead atoms. The van der Waals surface area contributed by atoms with E-state index < -0.39 is 5.97 Å². The van der Waals surface area contributed by atoms with Gasteiger partial charge in [0.25, 0.3) is 0 Å². The lowest BCUT2D eigenvalue weighted by Crippen LogP contribution is -2.41. The third kappa shape index (κ3) is 4.30. The number of nitrogens with two attached hydrogens (primary N) is 1. The third-order valence-corrected chi connectivity index (χ3v) is 5.72. The minimum absolute atomic E-state index is 0.121. The number of anilines is 2. The predicted molar refractivity (Wildman–Crippen MR) is 114 cm³/mol. The molecule has 0 spiro atoms. The smallest absolute Gasteiger partial charge is 0.343 e. The first-order valence-corrected chi connectivity index (χ1v) is 10.3. The maximum absolute atomic E-state index is 12.5. The number of esters is 1. The molecule has 2 aromatic carbocycles. The molecule has 7 heteroatoms. The second kappa shape index (κ2) is 8.57. The number of primary amides is 1. The predicted octanol–water partition coefficient (Wildman–Crippen LogP) is 2.73. The Kier molecular flexibility index (Phi) is 5.70. The largest absolute Gasteiger partial charge is 0.423 e. The fourth-order valence-electron chi connectivity index (χ4n) is 4.03. The molecule has 2 saturated heterocycles. The van der Waals surface area contributed by atoms with E-state index >= 15 is 0 Å². The van der Waals surface area contributed by atoms with E-state index in [2.05, 4.69) is 4.90 Å². The first kappa shape index (κ1) is 19.9. The molecule has 7 nitrogen and oxygen atoms in total. The van der Waals surface area contributed by atoms with Crippen molar-refractivity contribution in [2.45, 2.75) is 25.7 Å². The fraction of sp³-hybridized carbons (Fsp3) is 0.348. The van der Waals surface area contributed by atoms with Crippen molar-refractivity contribution in [2.24, 2.45) is 11.7 Å². The van der Waals surface area contributed by atoms with Crippen LogP contribution in [0.25, 0.3) is 0 Å². The number of benzene rings is 2. The van der Waals surface area contributed by atoms with Crippen molar-refractivity contribution in [3.63, 3.8) is 0 Å². The van der Waals surface area contributed by atoms with Crippen LogP contribution < -0.4 is 20.3 Å². The van der Waals surface area contributed by atoms with Crippen molar-refractivity contribution < 1.29 is 19.1 Å². The molecule has 2 amide bonds. The number of piperidine rings is 1. The van der Waals surface area contributed by atoms with Crippen LogP contribution in [0, 0.1) is 5.92 Å². The molecule has 0 aliphatic carbocycles. The van der Waals surface area contributed by atoms with E-state index in [-0.39, 0.29) is 17.7 Å². The molecule has 0 unspecified atom stereocenters. The molecule has 4 rings (SSSR count). The Morgan fingerprint density at radius 3 is 2.27 bits per heavy atom. The Morgan fingerprint density at radius 1 is 0.933 bits per heavy atom. The standard InChI is InChI=1S/C23H25N3O4/c24-22(28)17-3-1-13-25(15-17)18-7-5-16(6-8-18)23(29)30-20-11-9-19(10-12-20)26-14-2-4-21(26)27/h5-12,17H,1-4,13-15H2,(H2,24,28)/t17-/m1/s1. The maximum atomic E-state index is 12.5. The van der Waals surface area contributed by atoms with Gasteiger partial charge in [0.2, 0.25) is 11.8 Å². The minimum Gasteiger partial charge on any atom is -0.423 e. The summed E-state index contributed by atoms with van der Waals surface area (Å²) in [7, 11) is 0. The highest BCUT2D eigenvalue weighted by Crippen LogP contribution is 2.26. The van der Waals surface area contributed by atoms with Gasteiger partial charge in [-0.25, -0.2) is 4.79 Å². The molecule has 2 aliphatic rings. The van der Waals surface area contributed by atoms with Gasteiger partial charge >= 0.3 is 5.97 Å². The van der Waals surface area contributed by atoms with Crippen molar-refractivity contribution in [2.75, 3.05) is 29.4 Å². The fourth-order valence-corrected chi connectivity index (χ4v) is 4.03. The zero-order valence-electron chi connectivity index (χ0n) is 16.8. The number of amides is 2. The zero-order chi connectivity index (χ0) is 21.1. The van der Waals surface area contributed by atoms with Gasteiger partial charge in [-0.3, -0.25) is 9.59 Å². The lowest BCUT2D eigenvalue weighted by Gasteiger charge is -2.33. The van der Waals surface area contributed by atoms with Crippen LogP contribution >= 0.6 is 0 Å². The molecule has 2 aromatic rings. The van der Waals surface area contributed by atoms with E-state index in [4.69, 9.17) is 10.5 Å². The topological polar surface area (TPSA) is 92.9 Å². The summed E-state index contributed by atoms with van der Waals surface area (Å²) in [4.78, 5) is 39.6. The molecular formula is C23H25N3O4. The Morgan fingerprint density at radius 2 is 1.63 bits per heavy atom. The van der Waals surface area contributed by atoms with Crippen LogP contribution in [0.5, 0.6) is 5.75 Å². The van der Waals surface area contributed by atoms with Crippen LogP contribution in [0.1, 0.15) is 36.0 Å². The number of hydrogen-bond donors (Lipinski definition) is 1. The van der Waals surface area contributed by atoms with E-state index in [0.29, 0.717) is 24.3 Å². The van der Waals surface area contributed by atoms with Crippen LogP contribution in [-0.2, 0) is 9.59 Å². The summed E-state index contributed by atoms with van der Waals surface area (Å²) in [6.45, 7) is 2.19. The number of hydrogen-bond acceptors (Lipinski definition) is 5. The molecule has 0 radical (unpaired) electrons. The van der Waals surface area contributed by atoms with Gasteiger partial charge in [-0.15, -0.1) is 0 Å². The Balaban J connectivity index is 1.38. The second-order valence-corrected chi connectivity index (χ2v) is 7.77. The highest BCUT2D eigenvalue weighted by atomic mass is 16.5. The van der Waals surface area contributed by atoms with Crippen LogP contribution in [0.15, 0.2) is 48.5 Å². The highest BCUT2D eigenvalue weighted by molar-refractivity contribution is 5.95. The third-order valence-electron chi connectivity index (χ3n) is 5.72. The van der Waals surface area contributed by atoms with Gasteiger partial charge in [0.15, 0.2) is 0 Å². The van der Waals surface area contributed by atoms with Gasteiger partial charge in [-0.2, -0.15) is 0 Å². The lowest BCUT2D eigenvalue weighted by molar-refractivity contribution is -0.122. The van der Waals surface area contributed by atoms with Crippen molar-refractivity contribution in [3.8, 4) is 5.75 Å². The van der Waals surface area contributed by atoms with Gasteiger partial charge in [-0.1, -0.05) is 0 Å². The summed E-state index contributed by atoms with van der Waals surface area (Å²) < 4.78 is 5.46. The van der Waals surface area contributed by atoms with E-state index in [1.165, 1.54) is 0 Å². The molecule has 0 aromatic heterocycles. The number of carbonyl (C=O) groups is 3. The summed E-state index contributed by atoms with van der Waals surface area (Å²) in [6, 6.07) is 14.2. The van der Waals surface area contributed by atoms with Crippen molar-refractivity contribution in [3.05, 3.63) is 54.1 Å². The molecular weight excluding hydrogens is 382 g/mol. The lowest BCUT2D eigenvalue weighted by atomic mass is 9.97. The average molecular weight is 407 g/mol. The van der Waals surface area contributed by atoms with Gasteiger partial charge in [0, 0.05) is 37.4 Å². The molecule has 2 N–H and O–H groups in total. The number of rotatable bonds is 5. The first-order valence-electron chi connectivity index (χ1n) is 10.3. The molecule has 2 fully saturated rings. The van der Waals surface area contributed by atoms with Crippen LogP contribution in [-0.4, -0.2) is 37.4 Å². The summed E-state index contributed by atoms with van der Waals surface area (Å²) in [6.07, 6.45) is 3.18. The van der Waals surface area contributed by atoms with Gasteiger partial charge in [0.1, 0.15) is 5.75 Å². The molecule has 156 valence electrons. The quantitative estimate of drug-likeness (QED) is 0.608. The molecule has 2 aliphatic heterocycles. The Bertz CT molecular complexity index is 940.